The quantitative estimate of drug-likeness (QED) is 0.124. The van der Waals surface area contributed by atoms with Gasteiger partial charge in [0.15, 0.2) is 0 Å². The second kappa shape index (κ2) is 20.7. The summed E-state index contributed by atoms with van der Waals surface area (Å²) >= 11 is 7.49. The molecule has 0 saturated heterocycles. The number of nitrogens with zero attached hydrogens (tertiary/aromatic N) is 2. The lowest BCUT2D eigenvalue weighted by molar-refractivity contribution is -0.116. The second-order valence-corrected chi connectivity index (χ2v) is 11.6. The Kier molecular flexibility index (Phi) is 17.4. The molecule has 3 aromatic rings. The number of nitrogens with two attached hydrogens (primary N) is 2. The predicted octanol–water partition coefficient (Wildman–Crippen LogP) is 8.31. The van der Waals surface area contributed by atoms with Gasteiger partial charge in [-0.1, -0.05) is 76.3 Å². The van der Waals surface area contributed by atoms with E-state index in [4.69, 9.17) is 17.3 Å². The van der Waals surface area contributed by atoms with E-state index in [1.807, 2.05) is 42.6 Å². The summed E-state index contributed by atoms with van der Waals surface area (Å²) in [5.41, 5.74) is 14.1. The molecule has 3 aromatic carbocycles. The number of carbonyl (C=O) groups excluding carboxylic acids is 1. The number of amides is 1. The van der Waals surface area contributed by atoms with E-state index in [0.29, 0.717) is 23.4 Å². The highest BCUT2D eigenvalue weighted by atomic mass is 35.5. The highest BCUT2D eigenvalue weighted by Crippen LogP contribution is 2.34. The second-order valence-electron chi connectivity index (χ2n) is 10.3. The molecule has 10 heteroatoms. The van der Waals surface area contributed by atoms with E-state index in [1.165, 1.54) is 50.5 Å². The number of aryl methyl sites for hydroxylation is 1. The highest BCUT2D eigenvalue weighted by molar-refractivity contribution is 8.00. The maximum absolute atomic E-state index is 15.0. The molecule has 1 fully saturated rings. The van der Waals surface area contributed by atoms with Gasteiger partial charge < -0.3 is 16.2 Å². The summed E-state index contributed by atoms with van der Waals surface area (Å²) in [4.78, 5) is 19.2. The molecule has 0 heterocycles. The van der Waals surface area contributed by atoms with Crippen molar-refractivity contribution in [1.82, 2.24) is 5.32 Å². The van der Waals surface area contributed by atoms with E-state index in [-0.39, 0.29) is 12.4 Å². The van der Waals surface area contributed by atoms with E-state index in [0.717, 1.165) is 39.3 Å². The van der Waals surface area contributed by atoms with Crippen molar-refractivity contribution in [3.05, 3.63) is 76.6 Å². The average molecular weight is 641 g/mol. The van der Waals surface area contributed by atoms with Crippen molar-refractivity contribution in [2.45, 2.75) is 76.7 Å². The Morgan fingerprint density at radius 3 is 2.36 bits per heavy atom. The Morgan fingerprint density at radius 2 is 1.77 bits per heavy atom. The molecule has 7 nitrogen and oxygen atoms in total. The molecule has 4 rings (SSSR count). The van der Waals surface area contributed by atoms with Crippen molar-refractivity contribution >= 4 is 53.8 Å². The number of hydrogen-bond acceptors (Lipinski definition) is 7. The first-order valence-electron chi connectivity index (χ1n) is 15.1. The highest BCUT2D eigenvalue weighted by Gasteiger charge is 2.13. The van der Waals surface area contributed by atoms with E-state index in [1.54, 1.807) is 12.1 Å². The van der Waals surface area contributed by atoms with Crippen LogP contribution in [0.1, 0.15) is 70.4 Å². The maximum Gasteiger partial charge on any atom is 0.231 e. The standard InChI is InChI=1S/C29H32ClFN4S.C3H8.C2H6N2O/c1-3-20-15-22(16-23(29(20)32-2)18-33-19-34-24-9-5-4-6-10-24)21-13-14-27(26(31)17-21)35-36-28-12-8-7-11-25(28)30;1-3-2;3-1-2(4)5/h7-8,11-18,24,34-35H,2-6,9-10,19H2,1H3;3H2,1-2H3;1,3H2,(H2,4,5)/b33-18-;;. The molecule has 1 aliphatic carbocycles. The zero-order chi connectivity index (χ0) is 32.3. The van der Waals surface area contributed by atoms with E-state index in [9.17, 15) is 4.79 Å². The van der Waals surface area contributed by atoms with Gasteiger partial charge in [0.2, 0.25) is 5.91 Å². The first-order chi connectivity index (χ1) is 21.3. The zero-order valence-electron chi connectivity index (χ0n) is 26.0. The van der Waals surface area contributed by atoms with Gasteiger partial charge in [0.25, 0.3) is 0 Å². The molecule has 1 amide bonds. The zero-order valence-corrected chi connectivity index (χ0v) is 27.6. The van der Waals surface area contributed by atoms with Crippen molar-refractivity contribution in [3.63, 3.8) is 0 Å². The van der Waals surface area contributed by atoms with Crippen molar-refractivity contribution in [2.75, 3.05) is 17.9 Å². The molecule has 238 valence electrons. The molecule has 0 radical (unpaired) electrons. The lowest BCUT2D eigenvalue weighted by atomic mass is 9.96. The number of halogens is 2. The van der Waals surface area contributed by atoms with Crippen molar-refractivity contribution in [2.24, 2.45) is 21.5 Å². The Balaban J connectivity index is 0.000000754. The maximum atomic E-state index is 15.0. The number of hydrogen-bond donors (Lipinski definition) is 4. The SMILES string of the molecule is C=Nc1c(/C=N\CNC2CCCCC2)cc(-c2ccc(NSc3ccccc3Cl)c(F)c2)cc1CC.CCC.NCC(N)=O. The van der Waals surface area contributed by atoms with E-state index >= 15 is 4.39 Å². The fourth-order valence-corrected chi connectivity index (χ4v) is 5.44. The minimum atomic E-state index is -0.468. The molecule has 0 atom stereocenters. The van der Waals surface area contributed by atoms with Crippen LogP contribution in [0.5, 0.6) is 0 Å². The number of benzene rings is 3. The predicted molar refractivity (Wildman–Crippen MR) is 188 cm³/mol. The van der Waals surface area contributed by atoms with Gasteiger partial charge in [-0.15, -0.1) is 0 Å². The summed E-state index contributed by atoms with van der Waals surface area (Å²) in [5, 5.41) is 4.16. The van der Waals surface area contributed by atoms with Crippen LogP contribution in [0.15, 0.2) is 69.5 Å². The molecular formula is C34H46ClFN6OS. The first-order valence-corrected chi connectivity index (χ1v) is 16.3. The minimum Gasteiger partial charge on any atom is -0.369 e. The van der Waals surface area contributed by atoms with Gasteiger partial charge in [-0.2, -0.15) is 0 Å². The molecule has 44 heavy (non-hydrogen) atoms. The molecule has 0 bridgehead atoms. The molecular weight excluding hydrogens is 595 g/mol. The van der Waals surface area contributed by atoms with Crippen LogP contribution in [0.2, 0.25) is 5.02 Å². The van der Waals surface area contributed by atoms with Gasteiger partial charge in [0.1, 0.15) is 5.82 Å². The van der Waals surface area contributed by atoms with Crippen LogP contribution in [-0.2, 0) is 11.2 Å². The Bertz CT molecular complexity index is 1360. The van der Waals surface area contributed by atoms with Gasteiger partial charge in [-0.3, -0.25) is 20.1 Å². The van der Waals surface area contributed by atoms with E-state index in [2.05, 4.69) is 59.3 Å². The van der Waals surface area contributed by atoms with Crippen LogP contribution < -0.4 is 21.5 Å². The third-order valence-corrected chi connectivity index (χ3v) is 8.01. The van der Waals surface area contributed by atoms with Gasteiger partial charge in [-0.25, -0.2) is 4.39 Å². The summed E-state index contributed by atoms with van der Waals surface area (Å²) in [5.74, 6) is -0.798. The van der Waals surface area contributed by atoms with Crippen LogP contribution >= 0.6 is 23.5 Å². The molecule has 0 unspecified atom stereocenters. The Labute approximate surface area is 271 Å². The monoisotopic (exact) mass is 640 g/mol. The van der Waals surface area contributed by atoms with Gasteiger partial charge in [0.05, 0.1) is 29.6 Å². The van der Waals surface area contributed by atoms with Crippen LogP contribution in [0.25, 0.3) is 11.1 Å². The summed E-state index contributed by atoms with van der Waals surface area (Å²) in [6.45, 7) is 10.6. The normalized spacial score (nSPS) is 13.0. The van der Waals surface area contributed by atoms with Crippen LogP contribution in [0.3, 0.4) is 0 Å². The summed E-state index contributed by atoms with van der Waals surface area (Å²) < 4.78 is 18.1. The average Bonchev–Trinajstić information content (AvgIpc) is 3.03. The van der Waals surface area contributed by atoms with Crippen molar-refractivity contribution in [3.8, 4) is 11.1 Å². The number of aliphatic imine (C=N–C) groups is 2. The largest absolute Gasteiger partial charge is 0.369 e. The fraction of sp³-hybridized carbons (Fsp3) is 0.382. The Morgan fingerprint density at radius 1 is 1.09 bits per heavy atom. The van der Waals surface area contributed by atoms with Crippen LogP contribution in [0, 0.1) is 5.82 Å². The van der Waals surface area contributed by atoms with E-state index < -0.39 is 5.91 Å². The fourth-order valence-electron chi connectivity index (χ4n) is 4.49. The first kappa shape index (κ1) is 36.9. The number of primary amides is 1. The van der Waals surface area contributed by atoms with Gasteiger partial charge >= 0.3 is 0 Å². The molecule has 1 aliphatic rings. The minimum absolute atomic E-state index is 0.0556. The van der Waals surface area contributed by atoms with Gasteiger partial charge in [-0.05, 0) is 91.0 Å². The van der Waals surface area contributed by atoms with Crippen molar-refractivity contribution < 1.29 is 9.18 Å². The number of rotatable bonds is 11. The Hall–Kier alpha value is -3.24. The lowest BCUT2D eigenvalue weighted by Gasteiger charge is -2.21. The number of anilines is 1. The van der Waals surface area contributed by atoms with Crippen molar-refractivity contribution in [1.29, 1.82) is 0 Å². The summed E-state index contributed by atoms with van der Waals surface area (Å²) in [6.07, 6.45) is 10.2. The molecule has 0 aliphatic heterocycles. The third-order valence-electron chi connectivity index (χ3n) is 6.68. The molecule has 0 spiro atoms. The lowest BCUT2D eigenvalue weighted by Crippen LogP contribution is -2.31. The van der Waals surface area contributed by atoms with Crippen LogP contribution in [-0.4, -0.2) is 38.1 Å². The summed E-state index contributed by atoms with van der Waals surface area (Å²) in [6, 6.07) is 17.3. The van der Waals surface area contributed by atoms with Gasteiger partial charge in [0, 0.05) is 22.7 Å². The topological polar surface area (TPSA) is 118 Å². The molecule has 0 aromatic heterocycles. The van der Waals surface area contributed by atoms with Crippen LogP contribution in [0.4, 0.5) is 15.8 Å². The molecule has 1 saturated carbocycles. The third kappa shape index (κ3) is 12.4. The number of carbonyl (C=O) groups is 1. The summed E-state index contributed by atoms with van der Waals surface area (Å²) in [7, 11) is 0. The smallest absolute Gasteiger partial charge is 0.231 e. The molecule has 6 N–H and O–H groups in total. The number of nitrogens with one attached hydrogen (secondary N) is 2.